The number of nitrogens with one attached hydrogen (secondary N) is 1. The molecule has 4 nitrogen and oxygen atoms in total. The standard InChI is InChI=1S/C12H17BrFNO3S2/c1-3-10(7-19-2)15-20(17,18)11-5-9(13)4-8(6-16)12(11)14/h4-5,10,15-16H,3,6-7H2,1-2H3. The number of aliphatic hydroxyl groups excluding tert-OH is 1. The fourth-order valence-corrected chi connectivity index (χ4v) is 4.60. The Hall–Kier alpha value is -0.150. The summed E-state index contributed by atoms with van der Waals surface area (Å²) in [6, 6.07) is 2.29. The molecule has 1 aromatic rings. The van der Waals surface area contributed by atoms with Crippen molar-refractivity contribution in [2.24, 2.45) is 0 Å². The van der Waals surface area contributed by atoms with Crippen molar-refractivity contribution in [1.82, 2.24) is 4.72 Å². The summed E-state index contributed by atoms with van der Waals surface area (Å²) in [4.78, 5) is -0.449. The van der Waals surface area contributed by atoms with Gasteiger partial charge in [-0.15, -0.1) is 0 Å². The van der Waals surface area contributed by atoms with E-state index in [9.17, 15) is 12.8 Å². The summed E-state index contributed by atoms with van der Waals surface area (Å²) in [5.41, 5.74) is -0.0577. The Labute approximate surface area is 131 Å². The van der Waals surface area contributed by atoms with Gasteiger partial charge in [-0.3, -0.25) is 0 Å². The molecule has 1 rings (SSSR count). The van der Waals surface area contributed by atoms with Gasteiger partial charge in [-0.2, -0.15) is 11.8 Å². The van der Waals surface area contributed by atoms with Gasteiger partial charge < -0.3 is 5.11 Å². The van der Waals surface area contributed by atoms with Crippen LogP contribution in [0.1, 0.15) is 18.9 Å². The van der Waals surface area contributed by atoms with E-state index in [4.69, 9.17) is 5.11 Å². The smallest absolute Gasteiger partial charge is 0.243 e. The number of halogens is 2. The first-order chi connectivity index (χ1) is 9.35. The Balaban J connectivity index is 3.18. The van der Waals surface area contributed by atoms with Crippen LogP contribution in [0.2, 0.25) is 0 Å². The second-order valence-corrected chi connectivity index (χ2v) is 7.73. The third-order valence-electron chi connectivity index (χ3n) is 2.72. The molecule has 0 aromatic heterocycles. The van der Waals surface area contributed by atoms with E-state index in [-0.39, 0.29) is 11.6 Å². The number of thioether (sulfide) groups is 1. The molecular weight excluding hydrogens is 369 g/mol. The minimum absolute atomic E-state index is 0.0577. The lowest BCUT2D eigenvalue weighted by molar-refractivity contribution is 0.274. The van der Waals surface area contributed by atoms with Crippen LogP contribution in [0.3, 0.4) is 0 Å². The molecule has 0 spiro atoms. The van der Waals surface area contributed by atoms with Crippen LogP contribution in [0.25, 0.3) is 0 Å². The van der Waals surface area contributed by atoms with E-state index in [1.165, 1.54) is 23.9 Å². The first-order valence-electron chi connectivity index (χ1n) is 5.95. The second-order valence-electron chi connectivity index (χ2n) is 4.22. The van der Waals surface area contributed by atoms with Crippen molar-refractivity contribution < 1.29 is 17.9 Å². The number of sulfonamides is 1. The number of benzene rings is 1. The van der Waals surface area contributed by atoms with Crippen molar-refractivity contribution in [2.75, 3.05) is 12.0 Å². The number of rotatable bonds is 7. The monoisotopic (exact) mass is 385 g/mol. The summed E-state index contributed by atoms with van der Waals surface area (Å²) in [6.45, 7) is 1.30. The van der Waals surface area contributed by atoms with E-state index in [0.717, 1.165) is 0 Å². The van der Waals surface area contributed by atoms with E-state index < -0.39 is 27.3 Å². The Morgan fingerprint density at radius 1 is 1.50 bits per heavy atom. The van der Waals surface area contributed by atoms with Crippen molar-refractivity contribution in [3.8, 4) is 0 Å². The van der Waals surface area contributed by atoms with Crippen LogP contribution in [0.15, 0.2) is 21.5 Å². The quantitative estimate of drug-likeness (QED) is 0.756. The predicted octanol–water partition coefficient (Wildman–Crippen LogP) is 2.50. The number of hydrogen-bond acceptors (Lipinski definition) is 4. The van der Waals surface area contributed by atoms with E-state index in [0.29, 0.717) is 16.6 Å². The van der Waals surface area contributed by atoms with Gasteiger partial charge in [0.2, 0.25) is 10.0 Å². The Morgan fingerprint density at radius 2 is 2.15 bits per heavy atom. The van der Waals surface area contributed by atoms with Crippen LogP contribution in [-0.2, 0) is 16.6 Å². The number of aliphatic hydroxyl groups is 1. The molecule has 0 radical (unpaired) electrons. The molecule has 0 aliphatic heterocycles. The van der Waals surface area contributed by atoms with Gasteiger partial charge in [0.1, 0.15) is 10.7 Å². The second kappa shape index (κ2) is 7.74. The average Bonchev–Trinajstić information content (AvgIpc) is 2.40. The minimum Gasteiger partial charge on any atom is -0.392 e. The summed E-state index contributed by atoms with van der Waals surface area (Å²) < 4.78 is 41.5. The fraction of sp³-hybridized carbons (Fsp3) is 0.500. The Morgan fingerprint density at radius 3 is 2.65 bits per heavy atom. The molecule has 0 aliphatic carbocycles. The van der Waals surface area contributed by atoms with E-state index in [1.54, 1.807) is 0 Å². The van der Waals surface area contributed by atoms with Crippen LogP contribution in [0, 0.1) is 5.82 Å². The third-order valence-corrected chi connectivity index (χ3v) is 5.43. The fourth-order valence-electron chi connectivity index (χ4n) is 1.65. The molecule has 8 heteroatoms. The number of hydrogen-bond donors (Lipinski definition) is 2. The SMILES string of the molecule is CCC(CSC)NS(=O)(=O)c1cc(Br)cc(CO)c1F. The lowest BCUT2D eigenvalue weighted by atomic mass is 10.2. The van der Waals surface area contributed by atoms with Gasteiger partial charge in [0, 0.05) is 21.8 Å². The van der Waals surface area contributed by atoms with Crippen LogP contribution < -0.4 is 4.72 Å². The molecule has 0 heterocycles. The van der Waals surface area contributed by atoms with Gasteiger partial charge in [0.25, 0.3) is 0 Å². The molecule has 0 saturated heterocycles. The normalized spacial score (nSPS) is 13.4. The molecule has 1 aromatic carbocycles. The molecule has 0 bridgehead atoms. The Kier molecular flexibility index (Phi) is 6.93. The third kappa shape index (κ3) is 4.42. The molecule has 1 unspecified atom stereocenters. The van der Waals surface area contributed by atoms with E-state index >= 15 is 0 Å². The molecule has 20 heavy (non-hydrogen) atoms. The maximum Gasteiger partial charge on any atom is 0.243 e. The highest BCUT2D eigenvalue weighted by atomic mass is 79.9. The largest absolute Gasteiger partial charge is 0.392 e. The van der Waals surface area contributed by atoms with Crippen molar-refractivity contribution in [3.63, 3.8) is 0 Å². The summed E-state index contributed by atoms with van der Waals surface area (Å²) >= 11 is 4.64. The van der Waals surface area contributed by atoms with E-state index in [1.807, 2.05) is 13.2 Å². The van der Waals surface area contributed by atoms with Crippen LogP contribution in [-0.4, -0.2) is 31.6 Å². The molecule has 2 N–H and O–H groups in total. The van der Waals surface area contributed by atoms with Gasteiger partial charge in [0.05, 0.1) is 6.61 Å². The lowest BCUT2D eigenvalue weighted by Gasteiger charge is -2.17. The van der Waals surface area contributed by atoms with Crippen molar-refractivity contribution in [1.29, 1.82) is 0 Å². The van der Waals surface area contributed by atoms with Crippen molar-refractivity contribution in [3.05, 3.63) is 28.0 Å². The van der Waals surface area contributed by atoms with Gasteiger partial charge in [-0.25, -0.2) is 17.5 Å². The lowest BCUT2D eigenvalue weighted by Crippen LogP contribution is -2.36. The molecule has 0 fully saturated rings. The maximum atomic E-state index is 14.1. The van der Waals surface area contributed by atoms with Crippen LogP contribution >= 0.6 is 27.7 Å². The zero-order chi connectivity index (χ0) is 15.3. The highest BCUT2D eigenvalue weighted by Crippen LogP contribution is 2.24. The molecule has 0 aliphatic rings. The average molecular weight is 386 g/mol. The highest BCUT2D eigenvalue weighted by molar-refractivity contribution is 9.10. The van der Waals surface area contributed by atoms with E-state index in [2.05, 4.69) is 20.7 Å². The molecule has 0 amide bonds. The van der Waals surface area contributed by atoms with Crippen molar-refractivity contribution >= 4 is 37.7 Å². The summed E-state index contributed by atoms with van der Waals surface area (Å²) in [5.74, 6) is -0.305. The minimum atomic E-state index is -3.96. The Bertz CT molecular complexity index is 566. The maximum absolute atomic E-state index is 14.1. The molecular formula is C12H17BrFNO3S2. The zero-order valence-corrected chi connectivity index (χ0v) is 14.4. The van der Waals surface area contributed by atoms with Gasteiger partial charge in [-0.05, 0) is 24.8 Å². The van der Waals surface area contributed by atoms with Gasteiger partial charge in [0.15, 0.2) is 0 Å². The predicted molar refractivity (Wildman–Crippen MR) is 82.8 cm³/mol. The molecule has 1 atom stereocenters. The van der Waals surface area contributed by atoms with Gasteiger partial charge >= 0.3 is 0 Å². The van der Waals surface area contributed by atoms with Gasteiger partial charge in [-0.1, -0.05) is 22.9 Å². The van der Waals surface area contributed by atoms with Crippen LogP contribution in [0.4, 0.5) is 4.39 Å². The van der Waals surface area contributed by atoms with Crippen molar-refractivity contribution in [2.45, 2.75) is 30.9 Å². The first-order valence-corrected chi connectivity index (χ1v) is 9.62. The summed E-state index contributed by atoms with van der Waals surface area (Å²) in [6.07, 6.45) is 2.49. The molecule has 114 valence electrons. The highest BCUT2D eigenvalue weighted by Gasteiger charge is 2.24. The topological polar surface area (TPSA) is 66.4 Å². The summed E-state index contributed by atoms with van der Waals surface area (Å²) in [7, 11) is -3.96. The summed E-state index contributed by atoms with van der Waals surface area (Å²) in [5, 5.41) is 9.07. The molecule has 0 saturated carbocycles. The van der Waals surface area contributed by atoms with Crippen LogP contribution in [0.5, 0.6) is 0 Å². The first kappa shape index (κ1) is 17.9. The zero-order valence-electron chi connectivity index (χ0n) is 11.2.